The number of nitro benzene ring substituents is 1. The average molecular weight is 340 g/mol. The van der Waals surface area contributed by atoms with E-state index in [1.54, 1.807) is 18.2 Å². The number of non-ortho nitro benzene ring substituents is 1. The lowest BCUT2D eigenvalue weighted by atomic mass is 10.2. The van der Waals surface area contributed by atoms with Crippen LogP contribution in [0.15, 0.2) is 59.5 Å². The van der Waals surface area contributed by atoms with Gasteiger partial charge >= 0.3 is 0 Å². The molecule has 1 aliphatic rings. The average Bonchev–Trinajstić information content (AvgIpc) is 2.84. The molecule has 24 heavy (non-hydrogen) atoms. The summed E-state index contributed by atoms with van der Waals surface area (Å²) in [6.07, 6.45) is 1.57. The highest BCUT2D eigenvalue weighted by molar-refractivity contribution is 8.18. The molecule has 0 unspecified atom stereocenters. The molecular weight excluding hydrogens is 328 g/mol. The zero-order chi connectivity index (χ0) is 17.1. The van der Waals surface area contributed by atoms with Gasteiger partial charge in [0.2, 0.25) is 0 Å². The van der Waals surface area contributed by atoms with Crippen molar-refractivity contribution in [1.82, 2.24) is 4.90 Å². The van der Waals surface area contributed by atoms with E-state index < -0.39 is 4.92 Å². The largest absolute Gasteiger partial charge is 0.293 e. The van der Waals surface area contributed by atoms with Crippen LogP contribution in [0.5, 0.6) is 0 Å². The summed E-state index contributed by atoms with van der Waals surface area (Å²) in [6.45, 7) is 0.225. The zero-order valence-electron chi connectivity index (χ0n) is 12.4. The van der Waals surface area contributed by atoms with Crippen LogP contribution in [0.25, 0.3) is 6.08 Å². The van der Waals surface area contributed by atoms with Gasteiger partial charge in [-0.05, 0) is 41.1 Å². The molecule has 120 valence electrons. The molecule has 2 aromatic carbocycles. The lowest BCUT2D eigenvalue weighted by Crippen LogP contribution is -2.27. The fourth-order valence-corrected chi connectivity index (χ4v) is 3.08. The van der Waals surface area contributed by atoms with Gasteiger partial charge in [0.1, 0.15) is 0 Å². The molecule has 1 fully saturated rings. The van der Waals surface area contributed by atoms with Crippen LogP contribution in [0.4, 0.5) is 10.5 Å². The standard InChI is InChI=1S/C17H12N2O4S/c20-16-15(10-12-6-8-14(9-7-12)19(22)23)24-17(21)18(16)11-13-4-2-1-3-5-13/h1-10H,11H2/b15-10-. The van der Waals surface area contributed by atoms with Crippen LogP contribution in [0.1, 0.15) is 11.1 Å². The Labute approximate surface area is 141 Å². The minimum absolute atomic E-state index is 0.0238. The van der Waals surface area contributed by atoms with Gasteiger partial charge < -0.3 is 0 Å². The number of rotatable bonds is 4. The number of hydrogen-bond acceptors (Lipinski definition) is 5. The predicted molar refractivity (Wildman–Crippen MR) is 91.1 cm³/mol. The number of carbonyl (C=O) groups is 2. The van der Waals surface area contributed by atoms with Crippen molar-refractivity contribution < 1.29 is 14.5 Å². The minimum Gasteiger partial charge on any atom is -0.268 e. The van der Waals surface area contributed by atoms with Crippen molar-refractivity contribution >= 4 is 34.7 Å². The fourth-order valence-electron chi connectivity index (χ4n) is 2.25. The number of amides is 2. The summed E-state index contributed by atoms with van der Waals surface area (Å²) in [6, 6.07) is 15.1. The van der Waals surface area contributed by atoms with Gasteiger partial charge in [-0.1, -0.05) is 30.3 Å². The lowest BCUT2D eigenvalue weighted by Gasteiger charge is -2.12. The summed E-state index contributed by atoms with van der Waals surface area (Å²) in [5.74, 6) is -0.354. The van der Waals surface area contributed by atoms with Gasteiger partial charge in [-0.15, -0.1) is 0 Å². The highest BCUT2D eigenvalue weighted by Gasteiger charge is 2.34. The minimum atomic E-state index is -0.489. The number of nitrogens with zero attached hydrogens (tertiary/aromatic N) is 2. The van der Waals surface area contributed by atoms with Crippen molar-refractivity contribution in [2.45, 2.75) is 6.54 Å². The molecule has 1 heterocycles. The summed E-state index contributed by atoms with van der Waals surface area (Å²) >= 11 is 0.871. The summed E-state index contributed by atoms with van der Waals surface area (Å²) in [5.41, 5.74) is 1.48. The molecule has 0 spiro atoms. The van der Waals surface area contributed by atoms with E-state index in [0.717, 1.165) is 17.3 Å². The molecule has 0 saturated carbocycles. The molecule has 0 atom stereocenters. The van der Waals surface area contributed by atoms with Crippen molar-refractivity contribution in [1.29, 1.82) is 0 Å². The monoisotopic (exact) mass is 340 g/mol. The van der Waals surface area contributed by atoms with Gasteiger partial charge in [-0.3, -0.25) is 24.6 Å². The molecule has 0 radical (unpaired) electrons. The van der Waals surface area contributed by atoms with Gasteiger partial charge in [0.15, 0.2) is 0 Å². The van der Waals surface area contributed by atoms with E-state index in [4.69, 9.17) is 0 Å². The lowest BCUT2D eigenvalue weighted by molar-refractivity contribution is -0.384. The van der Waals surface area contributed by atoms with Crippen LogP contribution >= 0.6 is 11.8 Å². The summed E-state index contributed by atoms with van der Waals surface area (Å²) in [7, 11) is 0. The summed E-state index contributed by atoms with van der Waals surface area (Å²) in [5, 5.41) is 10.3. The van der Waals surface area contributed by atoms with Gasteiger partial charge in [0, 0.05) is 12.1 Å². The van der Waals surface area contributed by atoms with E-state index >= 15 is 0 Å². The number of benzene rings is 2. The van der Waals surface area contributed by atoms with E-state index in [1.165, 1.54) is 17.0 Å². The van der Waals surface area contributed by atoms with Crippen LogP contribution in [0.2, 0.25) is 0 Å². The second-order valence-electron chi connectivity index (χ2n) is 5.10. The Morgan fingerprint density at radius 1 is 1.04 bits per heavy atom. The SMILES string of the molecule is O=C1S/C(=C\c2ccc([N+](=O)[O-])cc2)C(=O)N1Cc1ccccc1. The Kier molecular flexibility index (Phi) is 4.43. The van der Waals surface area contributed by atoms with Crippen LogP contribution < -0.4 is 0 Å². The van der Waals surface area contributed by atoms with E-state index in [1.807, 2.05) is 30.3 Å². The molecule has 0 aliphatic carbocycles. The first-order valence-electron chi connectivity index (χ1n) is 7.08. The van der Waals surface area contributed by atoms with E-state index in [-0.39, 0.29) is 23.4 Å². The normalized spacial score (nSPS) is 16.0. The van der Waals surface area contributed by atoms with E-state index in [9.17, 15) is 19.7 Å². The number of thioether (sulfide) groups is 1. The van der Waals surface area contributed by atoms with Crippen molar-refractivity contribution in [2.24, 2.45) is 0 Å². The van der Waals surface area contributed by atoms with Gasteiger partial charge in [-0.2, -0.15) is 0 Å². The highest BCUT2D eigenvalue weighted by Crippen LogP contribution is 2.33. The molecule has 0 bridgehead atoms. The van der Waals surface area contributed by atoms with Gasteiger partial charge in [0.25, 0.3) is 16.8 Å². The maximum Gasteiger partial charge on any atom is 0.293 e. The maximum absolute atomic E-state index is 12.4. The Morgan fingerprint density at radius 2 is 1.71 bits per heavy atom. The van der Waals surface area contributed by atoms with Crippen molar-refractivity contribution in [3.05, 3.63) is 80.7 Å². The van der Waals surface area contributed by atoms with Crippen molar-refractivity contribution in [2.75, 3.05) is 0 Å². The Morgan fingerprint density at radius 3 is 2.33 bits per heavy atom. The molecule has 0 aromatic heterocycles. The van der Waals surface area contributed by atoms with Crippen LogP contribution in [0, 0.1) is 10.1 Å². The molecule has 2 aromatic rings. The van der Waals surface area contributed by atoms with Gasteiger partial charge in [-0.25, -0.2) is 0 Å². The zero-order valence-corrected chi connectivity index (χ0v) is 13.2. The van der Waals surface area contributed by atoms with Crippen LogP contribution in [-0.4, -0.2) is 21.0 Å². The third-order valence-electron chi connectivity index (χ3n) is 3.46. The molecule has 0 N–H and O–H groups in total. The second-order valence-corrected chi connectivity index (χ2v) is 6.10. The van der Waals surface area contributed by atoms with Crippen LogP contribution in [0.3, 0.4) is 0 Å². The van der Waals surface area contributed by atoms with Crippen molar-refractivity contribution in [3.8, 4) is 0 Å². The van der Waals surface area contributed by atoms with E-state index in [2.05, 4.69) is 0 Å². The first-order valence-corrected chi connectivity index (χ1v) is 7.90. The Balaban J connectivity index is 1.79. The fraction of sp³-hybridized carbons (Fsp3) is 0.0588. The molecule has 1 aliphatic heterocycles. The van der Waals surface area contributed by atoms with Crippen molar-refractivity contribution in [3.63, 3.8) is 0 Å². The predicted octanol–water partition coefficient (Wildman–Crippen LogP) is 3.83. The maximum atomic E-state index is 12.4. The molecule has 1 saturated heterocycles. The molecule has 7 heteroatoms. The second kappa shape index (κ2) is 6.67. The molecule has 6 nitrogen and oxygen atoms in total. The first kappa shape index (κ1) is 15.9. The third-order valence-corrected chi connectivity index (χ3v) is 4.37. The third kappa shape index (κ3) is 3.36. The smallest absolute Gasteiger partial charge is 0.268 e. The van der Waals surface area contributed by atoms with E-state index in [0.29, 0.717) is 10.5 Å². The summed E-state index contributed by atoms with van der Waals surface area (Å²) < 4.78 is 0. The molecule has 3 rings (SSSR count). The van der Waals surface area contributed by atoms with Crippen LogP contribution in [-0.2, 0) is 11.3 Å². The molecular formula is C17H12N2O4S. The summed E-state index contributed by atoms with van der Waals surface area (Å²) in [4.78, 5) is 36.1. The van der Waals surface area contributed by atoms with Gasteiger partial charge in [0.05, 0.1) is 16.4 Å². The number of imide groups is 1. The highest BCUT2D eigenvalue weighted by atomic mass is 32.2. The quantitative estimate of drug-likeness (QED) is 0.480. The molecule has 2 amide bonds. The number of carbonyl (C=O) groups excluding carboxylic acids is 2. The number of nitro groups is 1. The first-order chi connectivity index (χ1) is 11.5. The number of hydrogen-bond donors (Lipinski definition) is 0. The topological polar surface area (TPSA) is 80.5 Å². The Hall–Kier alpha value is -2.93. The Bertz CT molecular complexity index is 831.